The van der Waals surface area contributed by atoms with Crippen LogP contribution in [0.2, 0.25) is 0 Å². The normalized spacial score (nSPS) is 11.8. The molecule has 1 rings (SSSR count). The minimum Gasteiger partial charge on any atom is -0.481 e. The molecule has 1 amide bonds. The van der Waals surface area contributed by atoms with Crippen LogP contribution in [0.25, 0.3) is 0 Å². The maximum absolute atomic E-state index is 11.7. The van der Waals surface area contributed by atoms with E-state index in [0.29, 0.717) is 11.3 Å². The summed E-state index contributed by atoms with van der Waals surface area (Å²) in [4.78, 5) is 24.4. The summed E-state index contributed by atoms with van der Waals surface area (Å²) in [7, 11) is 3.38. The molecule has 0 heterocycles. The average Bonchev–Trinajstić information content (AvgIpc) is 2.30. The Morgan fingerprint density at radius 1 is 1.28 bits per heavy atom. The van der Waals surface area contributed by atoms with Gasteiger partial charge in [-0.25, -0.2) is 0 Å². The number of benzene rings is 1. The summed E-state index contributed by atoms with van der Waals surface area (Å²) in [6, 6.07) is 5.20. The highest BCUT2D eigenvalue weighted by molar-refractivity contribution is 5.94. The summed E-state index contributed by atoms with van der Waals surface area (Å²) < 4.78 is 5.60. The Bertz CT molecular complexity index is 466. The highest BCUT2D eigenvalue weighted by atomic mass is 16.5. The predicted octanol–water partition coefficient (Wildman–Crippen LogP) is 2.05. The van der Waals surface area contributed by atoms with E-state index in [4.69, 9.17) is 4.74 Å². The van der Waals surface area contributed by atoms with Crippen LogP contribution in [0.5, 0.6) is 5.75 Å². The van der Waals surface area contributed by atoms with Gasteiger partial charge in [-0.1, -0.05) is 0 Å². The third-order valence-electron chi connectivity index (χ3n) is 2.67. The first-order valence-electron chi connectivity index (χ1n) is 5.82. The summed E-state index contributed by atoms with van der Waals surface area (Å²) >= 11 is 0. The molecule has 0 aliphatic rings. The molecule has 0 bridgehead atoms. The van der Waals surface area contributed by atoms with E-state index >= 15 is 0 Å². The number of Topliss-reactive ketones (excluding diaryl/α,β-unsaturated/α-hetero) is 1. The Labute approximate surface area is 108 Å². The van der Waals surface area contributed by atoms with Crippen molar-refractivity contribution in [3.8, 4) is 5.75 Å². The molecule has 0 radical (unpaired) electrons. The standard InChI is InChI=1S/C14H19NO3/c1-9-8-12(10(2)16)6-7-13(9)18-11(3)14(17)15(4)5/h6-8,11H,1-5H3. The Kier molecular flexibility index (Phi) is 4.48. The maximum atomic E-state index is 11.7. The van der Waals surface area contributed by atoms with Crippen molar-refractivity contribution in [1.82, 2.24) is 4.90 Å². The Morgan fingerprint density at radius 2 is 1.89 bits per heavy atom. The van der Waals surface area contributed by atoms with Crippen molar-refractivity contribution in [2.75, 3.05) is 14.1 Å². The van der Waals surface area contributed by atoms with Crippen LogP contribution in [-0.4, -0.2) is 36.8 Å². The molecule has 0 saturated heterocycles. The lowest BCUT2D eigenvalue weighted by molar-refractivity contribution is -0.135. The molecular formula is C14H19NO3. The third-order valence-corrected chi connectivity index (χ3v) is 2.67. The van der Waals surface area contributed by atoms with Crippen LogP contribution in [-0.2, 0) is 4.79 Å². The van der Waals surface area contributed by atoms with Crippen LogP contribution in [0.15, 0.2) is 18.2 Å². The third kappa shape index (κ3) is 3.32. The minimum atomic E-state index is -0.540. The lowest BCUT2D eigenvalue weighted by Crippen LogP contribution is -2.35. The first-order valence-corrected chi connectivity index (χ1v) is 5.82. The highest BCUT2D eigenvalue weighted by Gasteiger charge is 2.17. The molecule has 1 aromatic rings. The van der Waals surface area contributed by atoms with Crippen molar-refractivity contribution >= 4 is 11.7 Å². The van der Waals surface area contributed by atoms with Gasteiger partial charge >= 0.3 is 0 Å². The van der Waals surface area contributed by atoms with Crippen LogP contribution in [0.3, 0.4) is 0 Å². The second kappa shape index (κ2) is 5.67. The van der Waals surface area contributed by atoms with E-state index in [-0.39, 0.29) is 11.7 Å². The van der Waals surface area contributed by atoms with Crippen molar-refractivity contribution < 1.29 is 14.3 Å². The summed E-state index contributed by atoms with van der Waals surface area (Å²) in [6.45, 7) is 5.09. The molecule has 0 fully saturated rings. The lowest BCUT2D eigenvalue weighted by Gasteiger charge is -2.19. The van der Waals surface area contributed by atoms with E-state index < -0.39 is 6.10 Å². The number of amides is 1. The zero-order valence-corrected chi connectivity index (χ0v) is 11.5. The Balaban J connectivity index is 2.86. The van der Waals surface area contributed by atoms with Gasteiger partial charge in [0.05, 0.1) is 0 Å². The minimum absolute atomic E-state index is 0.0158. The van der Waals surface area contributed by atoms with Crippen LogP contribution < -0.4 is 4.74 Å². The number of aryl methyl sites for hydroxylation is 1. The van der Waals surface area contributed by atoms with Crippen molar-refractivity contribution in [1.29, 1.82) is 0 Å². The van der Waals surface area contributed by atoms with Crippen molar-refractivity contribution in [2.45, 2.75) is 26.9 Å². The molecule has 0 aromatic heterocycles. The van der Waals surface area contributed by atoms with Crippen LogP contribution in [0, 0.1) is 6.92 Å². The number of carbonyl (C=O) groups is 2. The first-order chi connectivity index (χ1) is 8.32. The number of hydrogen-bond donors (Lipinski definition) is 0. The van der Waals surface area contributed by atoms with Crippen molar-refractivity contribution in [3.63, 3.8) is 0 Å². The predicted molar refractivity (Wildman–Crippen MR) is 70.0 cm³/mol. The van der Waals surface area contributed by atoms with Gasteiger partial charge in [0.2, 0.25) is 0 Å². The molecule has 18 heavy (non-hydrogen) atoms. The molecular weight excluding hydrogens is 230 g/mol. The van der Waals surface area contributed by atoms with E-state index in [9.17, 15) is 9.59 Å². The Hall–Kier alpha value is -1.84. The molecule has 1 unspecified atom stereocenters. The molecule has 98 valence electrons. The quantitative estimate of drug-likeness (QED) is 0.767. The number of hydrogen-bond acceptors (Lipinski definition) is 3. The number of rotatable bonds is 4. The fourth-order valence-electron chi connectivity index (χ4n) is 1.61. The van der Waals surface area contributed by atoms with Crippen molar-refractivity contribution in [3.05, 3.63) is 29.3 Å². The molecule has 0 N–H and O–H groups in total. The lowest BCUT2D eigenvalue weighted by atomic mass is 10.1. The topological polar surface area (TPSA) is 46.6 Å². The number of ether oxygens (including phenoxy) is 1. The number of carbonyl (C=O) groups excluding carboxylic acids is 2. The summed E-state index contributed by atoms with van der Waals surface area (Å²) in [5.41, 5.74) is 1.49. The molecule has 0 aliphatic heterocycles. The van der Waals surface area contributed by atoms with Gasteiger partial charge in [0.25, 0.3) is 5.91 Å². The second-order valence-electron chi connectivity index (χ2n) is 4.53. The SMILES string of the molecule is CC(=O)c1ccc(OC(C)C(=O)N(C)C)c(C)c1. The van der Waals surface area contributed by atoms with E-state index in [1.807, 2.05) is 6.92 Å². The van der Waals surface area contributed by atoms with Gasteiger partial charge in [-0.3, -0.25) is 9.59 Å². The Morgan fingerprint density at radius 3 is 2.33 bits per heavy atom. The van der Waals surface area contributed by atoms with Crippen LogP contribution in [0.4, 0.5) is 0 Å². The molecule has 4 nitrogen and oxygen atoms in total. The van der Waals surface area contributed by atoms with Gasteiger partial charge in [-0.2, -0.15) is 0 Å². The molecule has 0 saturated carbocycles. The van der Waals surface area contributed by atoms with Gasteiger partial charge < -0.3 is 9.64 Å². The first kappa shape index (κ1) is 14.2. The van der Waals surface area contributed by atoms with E-state index in [2.05, 4.69) is 0 Å². The maximum Gasteiger partial charge on any atom is 0.262 e. The summed E-state index contributed by atoms with van der Waals surface area (Å²) in [5.74, 6) is 0.551. The molecule has 1 aromatic carbocycles. The highest BCUT2D eigenvalue weighted by Crippen LogP contribution is 2.21. The molecule has 1 atom stereocenters. The van der Waals surface area contributed by atoms with Gasteiger partial charge in [0.1, 0.15) is 5.75 Å². The smallest absolute Gasteiger partial charge is 0.262 e. The summed E-state index contributed by atoms with van der Waals surface area (Å²) in [6.07, 6.45) is -0.540. The number of nitrogens with zero attached hydrogens (tertiary/aromatic N) is 1. The van der Waals surface area contributed by atoms with E-state index in [1.165, 1.54) is 11.8 Å². The zero-order valence-electron chi connectivity index (χ0n) is 11.5. The van der Waals surface area contributed by atoms with Crippen LogP contribution in [0.1, 0.15) is 29.8 Å². The average molecular weight is 249 g/mol. The van der Waals surface area contributed by atoms with Gasteiger partial charge in [-0.05, 0) is 44.5 Å². The monoisotopic (exact) mass is 249 g/mol. The summed E-state index contributed by atoms with van der Waals surface area (Å²) in [5, 5.41) is 0. The largest absolute Gasteiger partial charge is 0.481 e. The second-order valence-corrected chi connectivity index (χ2v) is 4.53. The van der Waals surface area contributed by atoms with Crippen molar-refractivity contribution in [2.24, 2.45) is 0 Å². The van der Waals surface area contributed by atoms with Gasteiger partial charge in [-0.15, -0.1) is 0 Å². The number of likely N-dealkylation sites (N-methyl/N-ethyl adjacent to an activating group) is 1. The fraction of sp³-hybridized carbons (Fsp3) is 0.429. The molecule has 0 aliphatic carbocycles. The van der Waals surface area contributed by atoms with Gasteiger partial charge in [0, 0.05) is 19.7 Å². The molecule has 4 heteroatoms. The number of ketones is 1. The van der Waals surface area contributed by atoms with E-state index in [0.717, 1.165) is 5.56 Å². The van der Waals surface area contributed by atoms with Gasteiger partial charge in [0.15, 0.2) is 11.9 Å². The van der Waals surface area contributed by atoms with E-state index in [1.54, 1.807) is 39.2 Å². The fourth-order valence-corrected chi connectivity index (χ4v) is 1.61. The zero-order chi connectivity index (χ0) is 13.9. The van der Waals surface area contributed by atoms with Crippen LogP contribution >= 0.6 is 0 Å². The molecule has 0 spiro atoms.